The molecule has 3 aromatic heterocycles. The van der Waals surface area contributed by atoms with Gasteiger partial charge in [0.05, 0.1) is 101 Å². The number of amides is 1. The predicted octanol–water partition coefficient (Wildman–Crippen LogP) is 9.04. The fourth-order valence-corrected chi connectivity index (χ4v) is 7.54. The van der Waals surface area contributed by atoms with Crippen molar-refractivity contribution >= 4 is 66.5 Å². The van der Waals surface area contributed by atoms with Crippen molar-refractivity contribution < 1.29 is 60.5 Å². The smallest absolute Gasteiger partial charge is 0.416 e. The van der Waals surface area contributed by atoms with Crippen LogP contribution < -0.4 is 22.2 Å². The topological polar surface area (TPSA) is 238 Å². The van der Waals surface area contributed by atoms with Gasteiger partial charge in [-0.25, -0.2) is 30.0 Å². The zero-order valence-electron chi connectivity index (χ0n) is 41.5. The Hall–Kier alpha value is -8.87. The molecular weight excluding hydrogens is 1100 g/mol. The average Bonchev–Trinajstić information content (AvgIpc) is 3.47. The number of aryl methyl sites for hydroxylation is 1. The van der Waals surface area contributed by atoms with E-state index in [9.17, 15) is 55.1 Å². The van der Waals surface area contributed by atoms with E-state index in [-0.39, 0.29) is 46.1 Å². The highest BCUT2D eigenvalue weighted by molar-refractivity contribution is 9.08. The summed E-state index contributed by atoms with van der Waals surface area (Å²) < 4.78 is 88.4. The molecule has 406 valence electrons. The second kappa shape index (κ2) is 27.3. The molecule has 9 aromatic rings. The number of aliphatic hydroxyl groups is 1. The van der Waals surface area contributed by atoms with Gasteiger partial charge in [-0.15, -0.1) is 0 Å². The molecule has 78 heavy (non-hydrogen) atoms. The highest BCUT2D eigenvalue weighted by Gasteiger charge is 2.31. The first-order valence-electron chi connectivity index (χ1n) is 22.6. The summed E-state index contributed by atoms with van der Waals surface area (Å²) in [6.45, 7) is 1.92. The molecule has 0 radical (unpaired) electrons. The Labute approximate surface area is 446 Å². The van der Waals surface area contributed by atoms with E-state index >= 15 is 0 Å². The minimum absolute atomic E-state index is 0.0516. The van der Waals surface area contributed by atoms with Crippen LogP contribution in [0.2, 0.25) is 0 Å². The number of carbonyl (C=O) groups excluding carboxylic acids is 3. The molecule has 0 bridgehead atoms. The van der Waals surface area contributed by atoms with Crippen LogP contribution in [0.3, 0.4) is 0 Å². The number of H-pyrrole nitrogens is 1. The van der Waals surface area contributed by atoms with Gasteiger partial charge >= 0.3 is 24.3 Å². The van der Waals surface area contributed by atoms with E-state index in [2.05, 4.69) is 76.5 Å². The molecule has 4 N–H and O–H groups in total. The quantitative estimate of drug-likeness (QED) is 0.0366. The van der Waals surface area contributed by atoms with Crippen molar-refractivity contribution in [2.45, 2.75) is 37.7 Å². The van der Waals surface area contributed by atoms with Crippen molar-refractivity contribution in [3.05, 3.63) is 228 Å². The number of aliphatic hydroxyl groups excluding tert-OH is 1. The number of fused-ring (bicyclic) bond motifs is 3. The molecule has 0 aliphatic rings. The van der Waals surface area contributed by atoms with Gasteiger partial charge in [0, 0.05) is 18.0 Å². The van der Waals surface area contributed by atoms with Gasteiger partial charge in [-0.05, 0) is 102 Å². The lowest BCUT2D eigenvalue weighted by Gasteiger charge is -2.10. The fraction of sp³-hybridized carbons (Fsp3) is 0.167. The second-order valence-electron chi connectivity index (χ2n) is 16.2. The second-order valence-corrected chi connectivity index (χ2v) is 16.8. The zero-order chi connectivity index (χ0) is 57.3. The molecule has 0 unspecified atom stereocenters. The Kier molecular flexibility index (Phi) is 21.0. The van der Waals surface area contributed by atoms with E-state index in [1.807, 2.05) is 0 Å². The lowest BCUT2D eigenvalue weighted by atomic mass is 10.1. The summed E-state index contributed by atoms with van der Waals surface area (Å²) in [5.74, 6) is -1.86. The fourth-order valence-electron chi connectivity index (χ4n) is 7.19. The molecule has 6 aromatic carbocycles. The van der Waals surface area contributed by atoms with Gasteiger partial charge in [0.25, 0.3) is 22.6 Å². The Balaban J connectivity index is 0.000000202. The number of esters is 2. The summed E-state index contributed by atoms with van der Waals surface area (Å²) in [5.41, 5.74) is 3.72. The maximum atomic E-state index is 12.8. The van der Waals surface area contributed by atoms with Gasteiger partial charge in [-0.2, -0.15) is 26.3 Å². The van der Waals surface area contributed by atoms with Crippen molar-refractivity contribution in [2.75, 3.05) is 21.3 Å². The van der Waals surface area contributed by atoms with E-state index in [0.29, 0.717) is 33.1 Å². The van der Waals surface area contributed by atoms with Crippen molar-refractivity contribution in [3.63, 3.8) is 0 Å². The highest BCUT2D eigenvalue weighted by Crippen LogP contribution is 2.31. The maximum Gasteiger partial charge on any atom is 0.416 e. The molecule has 3 heterocycles. The zero-order valence-corrected chi connectivity index (χ0v) is 43.1. The number of hydrogen-bond donors (Lipinski definition) is 4. The normalized spacial score (nSPS) is 10.8. The first-order valence-corrected chi connectivity index (χ1v) is 23.7. The van der Waals surface area contributed by atoms with Crippen LogP contribution >= 0.6 is 15.9 Å². The number of ether oxygens (including phenoxy) is 2. The van der Waals surface area contributed by atoms with Crippen molar-refractivity contribution in [2.24, 2.45) is 0 Å². The summed E-state index contributed by atoms with van der Waals surface area (Å²) in [6, 6.07) is 30.9. The summed E-state index contributed by atoms with van der Waals surface area (Å²) in [6.07, 6.45) is -5.12. The molecule has 1 amide bonds. The van der Waals surface area contributed by atoms with Crippen molar-refractivity contribution in [3.8, 4) is 0 Å². The van der Waals surface area contributed by atoms with Crippen LogP contribution in [0.4, 0.5) is 26.3 Å². The lowest BCUT2D eigenvalue weighted by Crippen LogP contribution is -2.23. The number of halogens is 7. The Morgan fingerprint density at radius 1 is 0.590 bits per heavy atom. The number of aromatic nitrogens is 6. The standard InChI is InChI=1S/C18H13F3N2O3.C17H12F3N3O3.C10H8N2O3.C8H9Br.CH4O/c1-26-17(25)12-5-6-15-14(8-12)16(24)23(10-22-15)9-11-3-2-4-13(7-11)18(19,20)21;18-17(19,20)12-3-1-2-10(6-12)8-23-9-21-14-5-4-11(15(24)22-26)7-13(14)16(23)25;1-15-10(14)6-2-3-8-7(4-6)9(13)12-5-11-8;1-7-3-2-4-8(5-7)6-9;1-2/h2-8,10H,9H2,1H3;1-7,9,26H,8H2,(H,22,24);2-5H,1H3,(H,11,12,13);2-5H,6H2,1H3;2H,1H3. The summed E-state index contributed by atoms with van der Waals surface area (Å²) >= 11 is 3.39. The molecule has 0 atom stereocenters. The largest absolute Gasteiger partial charge is 0.465 e. The molecule has 0 aliphatic carbocycles. The number of aromatic amines is 1. The van der Waals surface area contributed by atoms with E-state index in [0.717, 1.165) is 41.3 Å². The van der Waals surface area contributed by atoms with E-state index in [1.54, 1.807) is 12.1 Å². The summed E-state index contributed by atoms with van der Waals surface area (Å²) in [7, 11) is 3.52. The van der Waals surface area contributed by atoms with Crippen LogP contribution in [0.15, 0.2) is 161 Å². The third kappa shape index (κ3) is 15.8. The number of hydroxylamine groups is 1. The number of benzene rings is 6. The van der Waals surface area contributed by atoms with Gasteiger partial charge in [-0.3, -0.25) is 33.5 Å². The third-order valence-corrected chi connectivity index (χ3v) is 11.6. The SMILES string of the molecule is CO.COC(=O)c1ccc2nc[nH]c(=O)c2c1.COC(=O)c1ccc2ncn(Cc3cccc(C(F)(F)F)c3)c(=O)c2c1.Cc1cccc(CBr)c1.O=C(NO)c1ccc2ncn(Cc3cccc(C(F)(F)F)c3)c(=O)c2c1. The van der Waals surface area contributed by atoms with Gasteiger partial charge < -0.3 is 19.6 Å². The highest BCUT2D eigenvalue weighted by atomic mass is 79.9. The third-order valence-electron chi connectivity index (χ3n) is 10.9. The van der Waals surface area contributed by atoms with Crippen LogP contribution in [-0.2, 0) is 40.2 Å². The number of nitrogens with zero attached hydrogens (tertiary/aromatic N) is 5. The Bertz CT molecular complexity index is 3610. The lowest BCUT2D eigenvalue weighted by molar-refractivity contribution is -0.138. The molecule has 9 rings (SSSR count). The Morgan fingerprint density at radius 3 is 1.44 bits per heavy atom. The number of rotatable bonds is 8. The van der Waals surface area contributed by atoms with Gasteiger partial charge in [0.2, 0.25) is 0 Å². The van der Waals surface area contributed by atoms with Crippen LogP contribution in [0.5, 0.6) is 0 Å². The van der Waals surface area contributed by atoms with Gasteiger partial charge in [0.1, 0.15) is 0 Å². The van der Waals surface area contributed by atoms with Crippen molar-refractivity contribution in [1.29, 1.82) is 0 Å². The number of nitrogens with one attached hydrogen (secondary N) is 2. The Morgan fingerprint density at radius 2 is 1.01 bits per heavy atom. The minimum Gasteiger partial charge on any atom is -0.465 e. The molecule has 0 fully saturated rings. The molecule has 0 saturated heterocycles. The first kappa shape index (κ1) is 60.0. The number of alkyl halides is 7. The molecule has 0 spiro atoms. The van der Waals surface area contributed by atoms with Crippen LogP contribution in [0, 0.1) is 6.92 Å². The van der Waals surface area contributed by atoms with Gasteiger partial charge in [0.15, 0.2) is 0 Å². The molecular formula is C54H46BrF6N7O10. The summed E-state index contributed by atoms with van der Waals surface area (Å²) in [4.78, 5) is 85.5. The van der Waals surface area contributed by atoms with Crippen LogP contribution in [-0.4, -0.2) is 78.6 Å². The number of methoxy groups -OCH3 is 2. The predicted molar refractivity (Wildman–Crippen MR) is 279 cm³/mol. The monoisotopic (exact) mass is 1150 g/mol. The molecule has 24 heteroatoms. The molecule has 17 nitrogen and oxygen atoms in total. The molecule has 0 aliphatic heterocycles. The van der Waals surface area contributed by atoms with Crippen LogP contribution in [0.25, 0.3) is 32.7 Å². The van der Waals surface area contributed by atoms with E-state index in [1.165, 1.54) is 121 Å². The molecule has 0 saturated carbocycles. The maximum absolute atomic E-state index is 12.8. The van der Waals surface area contributed by atoms with Gasteiger partial charge in [-0.1, -0.05) is 70.0 Å². The minimum atomic E-state index is -4.48. The number of hydrogen-bond acceptors (Lipinski definition) is 13. The number of carbonyl (C=O) groups is 3. The van der Waals surface area contributed by atoms with Crippen LogP contribution in [0.1, 0.15) is 64.5 Å². The first-order chi connectivity index (χ1) is 37.1. The summed E-state index contributed by atoms with van der Waals surface area (Å²) in [5, 5.41) is 17.3. The van der Waals surface area contributed by atoms with Crippen molar-refractivity contribution in [1.82, 2.24) is 34.6 Å². The van der Waals surface area contributed by atoms with E-state index < -0.39 is 52.4 Å². The average molecular weight is 1150 g/mol. The van der Waals surface area contributed by atoms with E-state index in [4.69, 9.17) is 10.3 Å².